The lowest BCUT2D eigenvalue weighted by Crippen LogP contribution is -2.12. The zero-order valence-corrected chi connectivity index (χ0v) is 12.7. The van der Waals surface area contributed by atoms with Crippen molar-refractivity contribution in [3.05, 3.63) is 71.1 Å². The first-order valence-corrected chi connectivity index (χ1v) is 7.22. The molecule has 0 heteroatoms. The molecule has 101 valence electrons. The molecule has 20 heavy (non-hydrogen) atoms. The minimum atomic E-state index is 0.170. The minimum Gasteiger partial charge on any atom is -0.0642 e. The molecule has 0 heterocycles. The van der Waals surface area contributed by atoms with Crippen LogP contribution in [0.15, 0.2) is 48.0 Å². The molecule has 0 N–H and O–H groups in total. The Morgan fingerprint density at radius 3 is 2.25 bits per heavy atom. The van der Waals surface area contributed by atoms with Crippen molar-refractivity contribution in [3.63, 3.8) is 0 Å². The quantitative estimate of drug-likeness (QED) is 0.625. The van der Waals surface area contributed by atoms with Gasteiger partial charge < -0.3 is 0 Å². The molecular formula is C20H21. The molecule has 0 aliphatic heterocycles. The molecule has 3 rings (SSSR count). The summed E-state index contributed by atoms with van der Waals surface area (Å²) in [6.07, 6.45) is 4.58. The molecule has 0 bridgehead atoms. The van der Waals surface area contributed by atoms with Crippen LogP contribution in [0.3, 0.4) is 0 Å². The van der Waals surface area contributed by atoms with E-state index in [0.717, 1.165) is 0 Å². The van der Waals surface area contributed by atoms with Crippen LogP contribution < -0.4 is 0 Å². The first kappa shape index (κ1) is 13.2. The Balaban J connectivity index is 2.24. The Labute approximate surface area is 122 Å². The summed E-state index contributed by atoms with van der Waals surface area (Å²) in [5, 5.41) is 0. The molecule has 0 unspecified atom stereocenters. The third-order valence-electron chi connectivity index (χ3n) is 3.92. The summed E-state index contributed by atoms with van der Waals surface area (Å²) in [5.74, 6) is 0. The molecule has 1 aliphatic rings. The number of benzene rings is 2. The Kier molecular flexibility index (Phi) is 3.05. The molecule has 1 radical (unpaired) electrons. The predicted octanol–water partition coefficient (Wildman–Crippen LogP) is 5.62. The van der Waals surface area contributed by atoms with Gasteiger partial charge in [-0.05, 0) is 40.2 Å². The molecule has 0 spiro atoms. The van der Waals surface area contributed by atoms with Crippen LogP contribution in [0, 0.1) is 6.42 Å². The van der Waals surface area contributed by atoms with Crippen LogP contribution in [-0.4, -0.2) is 0 Å². The van der Waals surface area contributed by atoms with Crippen molar-refractivity contribution in [2.24, 2.45) is 0 Å². The molecule has 0 nitrogen and oxygen atoms in total. The van der Waals surface area contributed by atoms with E-state index >= 15 is 0 Å². The summed E-state index contributed by atoms with van der Waals surface area (Å²) in [4.78, 5) is 0. The fourth-order valence-corrected chi connectivity index (χ4v) is 2.76. The number of fused-ring (bicyclic) bond motifs is 1. The van der Waals surface area contributed by atoms with Crippen molar-refractivity contribution < 1.29 is 0 Å². The monoisotopic (exact) mass is 261 g/mol. The van der Waals surface area contributed by atoms with E-state index in [9.17, 15) is 0 Å². The molecule has 0 fully saturated rings. The van der Waals surface area contributed by atoms with E-state index < -0.39 is 0 Å². The molecule has 0 atom stereocenters. The van der Waals surface area contributed by atoms with E-state index in [0.29, 0.717) is 0 Å². The second kappa shape index (κ2) is 4.63. The number of hydrogen-bond acceptors (Lipinski definition) is 0. The van der Waals surface area contributed by atoms with Crippen LogP contribution in [0.25, 0.3) is 17.2 Å². The van der Waals surface area contributed by atoms with Gasteiger partial charge in [0.25, 0.3) is 0 Å². The third-order valence-corrected chi connectivity index (χ3v) is 3.92. The maximum Gasteiger partial charge on any atom is 0.0161 e. The summed E-state index contributed by atoms with van der Waals surface area (Å²) >= 11 is 0. The van der Waals surface area contributed by atoms with E-state index in [2.05, 4.69) is 82.7 Å². The fourth-order valence-electron chi connectivity index (χ4n) is 2.76. The highest BCUT2D eigenvalue weighted by molar-refractivity contribution is 5.83. The average molecular weight is 261 g/mol. The van der Waals surface area contributed by atoms with E-state index in [-0.39, 0.29) is 5.41 Å². The standard InChI is InChI=1S/C20H21/c1-14-10-16-12-17(20(2,3)4)13-19(18(16)11-14)15-8-6-5-7-9-15/h5-13H,1-4H3. The van der Waals surface area contributed by atoms with Gasteiger partial charge in [-0.3, -0.25) is 0 Å². The SMILES string of the molecule is CC1=Cc2c(cc(C(C)(C)C)cc2-c2ccccc2)[CH]1. The third kappa shape index (κ3) is 2.31. The second-order valence-corrected chi connectivity index (χ2v) is 6.68. The Morgan fingerprint density at radius 1 is 0.900 bits per heavy atom. The summed E-state index contributed by atoms with van der Waals surface area (Å²) in [5.41, 5.74) is 8.27. The number of rotatable bonds is 1. The van der Waals surface area contributed by atoms with E-state index in [4.69, 9.17) is 0 Å². The predicted molar refractivity (Wildman–Crippen MR) is 87.6 cm³/mol. The lowest BCUT2D eigenvalue weighted by atomic mass is 9.82. The van der Waals surface area contributed by atoms with E-state index in [1.165, 1.54) is 33.4 Å². The van der Waals surface area contributed by atoms with Gasteiger partial charge in [0, 0.05) is 6.42 Å². The van der Waals surface area contributed by atoms with Crippen molar-refractivity contribution in [1.29, 1.82) is 0 Å². The van der Waals surface area contributed by atoms with Gasteiger partial charge in [-0.15, -0.1) is 0 Å². The van der Waals surface area contributed by atoms with Gasteiger partial charge in [-0.25, -0.2) is 0 Å². The normalized spacial score (nSPS) is 14.1. The molecule has 2 aromatic carbocycles. The summed E-state index contributed by atoms with van der Waals surface area (Å²) < 4.78 is 0. The van der Waals surface area contributed by atoms with Gasteiger partial charge in [-0.1, -0.05) is 74.9 Å². The maximum absolute atomic E-state index is 2.36. The van der Waals surface area contributed by atoms with Gasteiger partial charge >= 0.3 is 0 Å². The van der Waals surface area contributed by atoms with E-state index in [1.807, 2.05) is 0 Å². The van der Waals surface area contributed by atoms with Crippen LogP contribution >= 0.6 is 0 Å². The van der Waals surface area contributed by atoms with Crippen molar-refractivity contribution >= 4 is 6.08 Å². The van der Waals surface area contributed by atoms with Crippen molar-refractivity contribution in [2.75, 3.05) is 0 Å². The highest BCUT2D eigenvalue weighted by Crippen LogP contribution is 2.38. The van der Waals surface area contributed by atoms with Gasteiger partial charge in [0.1, 0.15) is 0 Å². The Hall–Kier alpha value is -1.82. The smallest absolute Gasteiger partial charge is 0.0161 e. The summed E-state index contributed by atoms with van der Waals surface area (Å²) in [6, 6.07) is 15.4. The molecule has 1 aliphatic carbocycles. The molecule has 2 aromatic rings. The lowest BCUT2D eigenvalue weighted by Gasteiger charge is -2.22. The highest BCUT2D eigenvalue weighted by atomic mass is 14.3. The fraction of sp³-hybridized carbons (Fsp3) is 0.250. The zero-order valence-electron chi connectivity index (χ0n) is 12.7. The van der Waals surface area contributed by atoms with Crippen LogP contribution in [0.5, 0.6) is 0 Å². The minimum absolute atomic E-state index is 0.170. The second-order valence-electron chi connectivity index (χ2n) is 6.68. The van der Waals surface area contributed by atoms with Crippen LogP contribution in [-0.2, 0) is 5.41 Å². The first-order chi connectivity index (χ1) is 9.45. The molecule has 0 aromatic heterocycles. The summed E-state index contributed by atoms with van der Waals surface area (Å²) in [7, 11) is 0. The lowest BCUT2D eigenvalue weighted by molar-refractivity contribution is 0.590. The van der Waals surface area contributed by atoms with Crippen LogP contribution in [0.1, 0.15) is 44.4 Å². The van der Waals surface area contributed by atoms with E-state index in [1.54, 1.807) is 0 Å². The Bertz CT molecular complexity index is 667. The van der Waals surface area contributed by atoms with Gasteiger partial charge in [0.2, 0.25) is 0 Å². The number of hydrogen-bond donors (Lipinski definition) is 0. The van der Waals surface area contributed by atoms with Crippen molar-refractivity contribution in [1.82, 2.24) is 0 Å². The average Bonchev–Trinajstić information content (AvgIpc) is 2.77. The van der Waals surface area contributed by atoms with Crippen LogP contribution in [0.4, 0.5) is 0 Å². The first-order valence-electron chi connectivity index (χ1n) is 7.22. The van der Waals surface area contributed by atoms with Gasteiger partial charge in [0.05, 0.1) is 0 Å². The zero-order chi connectivity index (χ0) is 14.3. The van der Waals surface area contributed by atoms with Crippen molar-refractivity contribution in [2.45, 2.75) is 33.1 Å². The van der Waals surface area contributed by atoms with Gasteiger partial charge in [-0.2, -0.15) is 0 Å². The molecule has 0 saturated carbocycles. The largest absolute Gasteiger partial charge is 0.0642 e. The summed E-state index contributed by atoms with van der Waals surface area (Å²) in [6.45, 7) is 9.00. The van der Waals surface area contributed by atoms with Crippen molar-refractivity contribution in [3.8, 4) is 11.1 Å². The maximum atomic E-state index is 2.36. The Morgan fingerprint density at radius 2 is 1.60 bits per heavy atom. The number of allylic oxidation sites excluding steroid dienone is 1. The topological polar surface area (TPSA) is 0 Å². The molecule has 0 saturated heterocycles. The molecule has 0 amide bonds. The van der Waals surface area contributed by atoms with Crippen LogP contribution in [0.2, 0.25) is 0 Å². The highest BCUT2D eigenvalue weighted by Gasteiger charge is 2.21. The molecular weight excluding hydrogens is 240 g/mol. The van der Waals surface area contributed by atoms with Gasteiger partial charge in [0.15, 0.2) is 0 Å².